The zero-order valence-electron chi connectivity index (χ0n) is 30.1. The number of imidazole rings is 1. The fourth-order valence-electron chi connectivity index (χ4n) is 8.89. The van der Waals surface area contributed by atoms with Crippen molar-refractivity contribution in [3.05, 3.63) is 191 Å². The smallest absolute Gasteiger partial charge is 0.145 e. The minimum absolute atomic E-state index is 0.190. The maximum absolute atomic E-state index is 5.86. The van der Waals surface area contributed by atoms with Gasteiger partial charge in [0.15, 0.2) is 0 Å². The second-order valence-electron chi connectivity index (χ2n) is 15.6. The van der Waals surface area contributed by atoms with Crippen molar-refractivity contribution >= 4 is 27.3 Å². The molecule has 0 amide bonds. The van der Waals surface area contributed by atoms with Crippen LogP contribution in [0, 0.1) is 0 Å². The summed E-state index contributed by atoms with van der Waals surface area (Å²) >= 11 is 0. The fraction of sp³-hybridized carbons (Fsp3) is 0.213. The van der Waals surface area contributed by atoms with Gasteiger partial charge in [-0.1, -0.05) is 131 Å². The van der Waals surface area contributed by atoms with E-state index in [1.165, 1.54) is 44.2 Å². The van der Waals surface area contributed by atoms with Crippen LogP contribution >= 0.6 is 0 Å². The van der Waals surface area contributed by atoms with Crippen LogP contribution in [0.3, 0.4) is 0 Å². The predicted molar refractivity (Wildman–Crippen MR) is 209 cm³/mol. The molecular weight excluding hydrogens is 621 g/mol. The highest BCUT2D eigenvalue weighted by Crippen LogP contribution is 2.55. The summed E-state index contributed by atoms with van der Waals surface area (Å²) in [4.78, 5) is 15.8. The van der Waals surface area contributed by atoms with Crippen molar-refractivity contribution in [3.63, 3.8) is 0 Å². The molecule has 1 aliphatic rings. The first-order valence-corrected chi connectivity index (χ1v) is 18.0. The van der Waals surface area contributed by atoms with Crippen LogP contribution in [0.2, 0.25) is 0 Å². The highest BCUT2D eigenvalue weighted by molar-refractivity contribution is 6.13. The molecule has 0 radical (unpaired) electrons. The molecule has 1 unspecified atom stereocenters. The number of aromatic nitrogens is 4. The van der Waals surface area contributed by atoms with Gasteiger partial charge in [0.25, 0.3) is 0 Å². The Bertz CT molecular complexity index is 2510. The summed E-state index contributed by atoms with van der Waals surface area (Å²) < 4.78 is 2.52. The lowest BCUT2D eigenvalue weighted by molar-refractivity contribution is 0.284. The van der Waals surface area contributed by atoms with Crippen LogP contribution < -0.4 is 0 Å². The number of fused-ring (bicyclic) bond motifs is 3. The molecule has 1 aliphatic heterocycles. The quantitative estimate of drug-likeness (QED) is 0.166. The van der Waals surface area contributed by atoms with Gasteiger partial charge in [-0.25, -0.2) is 4.98 Å². The Balaban J connectivity index is 1.47. The third kappa shape index (κ3) is 4.16. The van der Waals surface area contributed by atoms with Gasteiger partial charge in [0, 0.05) is 34.0 Å². The van der Waals surface area contributed by atoms with Crippen molar-refractivity contribution in [1.82, 2.24) is 19.4 Å². The van der Waals surface area contributed by atoms with E-state index in [1.807, 2.05) is 24.5 Å². The first-order valence-electron chi connectivity index (χ1n) is 18.0. The van der Waals surface area contributed by atoms with E-state index in [0.717, 1.165) is 28.1 Å². The van der Waals surface area contributed by atoms with E-state index < -0.39 is 10.8 Å². The molecule has 4 heteroatoms. The Morgan fingerprint density at radius 2 is 1.10 bits per heavy atom. The lowest BCUT2D eigenvalue weighted by Gasteiger charge is -2.47. The van der Waals surface area contributed by atoms with Gasteiger partial charge < -0.3 is 0 Å². The van der Waals surface area contributed by atoms with Gasteiger partial charge in [0.05, 0.1) is 39.1 Å². The first kappa shape index (κ1) is 31.4. The van der Waals surface area contributed by atoms with E-state index in [9.17, 15) is 0 Å². The maximum atomic E-state index is 5.86. The lowest BCUT2D eigenvalue weighted by atomic mass is 9.58. The molecule has 0 bridgehead atoms. The van der Waals surface area contributed by atoms with E-state index in [-0.39, 0.29) is 10.8 Å². The third-order valence-electron chi connectivity index (χ3n) is 12.6. The van der Waals surface area contributed by atoms with Crippen LogP contribution in [0.15, 0.2) is 146 Å². The molecule has 0 spiro atoms. The van der Waals surface area contributed by atoms with Crippen molar-refractivity contribution in [2.24, 2.45) is 0 Å². The second kappa shape index (κ2) is 10.9. The molecule has 5 heterocycles. The van der Waals surface area contributed by atoms with Gasteiger partial charge in [0.2, 0.25) is 0 Å². The van der Waals surface area contributed by atoms with Crippen LogP contribution in [-0.4, -0.2) is 19.4 Å². The lowest BCUT2D eigenvalue weighted by Crippen LogP contribution is -2.46. The molecule has 4 aromatic heterocycles. The topological polar surface area (TPSA) is 43.1 Å². The second-order valence-corrected chi connectivity index (χ2v) is 15.6. The largest absolute Gasteiger partial charge is 0.295 e. The first-order chi connectivity index (χ1) is 24.6. The molecule has 2 atom stereocenters. The summed E-state index contributed by atoms with van der Waals surface area (Å²) in [6, 6.07) is 47.9. The molecule has 0 aliphatic carbocycles. The molecule has 51 heavy (non-hydrogen) atoms. The van der Waals surface area contributed by atoms with E-state index in [1.54, 1.807) is 0 Å². The van der Waals surface area contributed by atoms with Crippen molar-refractivity contribution in [3.8, 4) is 0 Å². The molecule has 8 aromatic rings. The summed E-state index contributed by atoms with van der Waals surface area (Å²) in [7, 11) is 0. The molecule has 0 fully saturated rings. The Labute approximate surface area is 299 Å². The number of hydrogen-bond donors (Lipinski definition) is 0. The van der Waals surface area contributed by atoms with Crippen molar-refractivity contribution in [1.29, 1.82) is 0 Å². The highest BCUT2D eigenvalue weighted by Gasteiger charge is 2.51. The van der Waals surface area contributed by atoms with Crippen molar-refractivity contribution in [2.45, 2.75) is 63.2 Å². The normalized spacial score (nSPS) is 17.1. The van der Waals surface area contributed by atoms with E-state index in [2.05, 4.69) is 167 Å². The predicted octanol–water partition coefficient (Wildman–Crippen LogP) is 10.7. The van der Waals surface area contributed by atoms with Gasteiger partial charge in [-0.2, -0.15) is 0 Å². The average molecular weight is 663 g/mol. The molecule has 9 rings (SSSR count). The number of rotatable bonds is 6. The highest BCUT2D eigenvalue weighted by atomic mass is 15.1. The Morgan fingerprint density at radius 3 is 1.71 bits per heavy atom. The fourth-order valence-corrected chi connectivity index (χ4v) is 8.89. The molecule has 250 valence electrons. The summed E-state index contributed by atoms with van der Waals surface area (Å²) in [6.45, 7) is 14.2. The van der Waals surface area contributed by atoms with Gasteiger partial charge in [-0.15, -0.1) is 0 Å². The number of nitrogens with zero attached hydrogens (tertiary/aromatic N) is 4. The number of pyridine rings is 3. The van der Waals surface area contributed by atoms with Crippen LogP contribution in [0.1, 0.15) is 86.6 Å². The van der Waals surface area contributed by atoms with Gasteiger partial charge in [0.1, 0.15) is 5.65 Å². The number of benzene rings is 4. The van der Waals surface area contributed by atoms with Crippen LogP contribution in [0.25, 0.3) is 27.3 Å². The van der Waals surface area contributed by atoms with Gasteiger partial charge in [-0.3, -0.25) is 14.4 Å². The van der Waals surface area contributed by atoms with Crippen LogP contribution in [0.4, 0.5) is 0 Å². The van der Waals surface area contributed by atoms with Crippen molar-refractivity contribution < 1.29 is 0 Å². The SMILES string of the molecule is CC(c1ccccc1)(c1ccc2c(c1)c1nc([C@](C)(c3ccccc3)c3ccccn3)c3n1c1c(cccc21)C(C)(C)C3(C)C)c1ccccn1. The summed E-state index contributed by atoms with van der Waals surface area (Å²) in [5, 5.41) is 3.58. The molecule has 0 saturated heterocycles. The monoisotopic (exact) mass is 662 g/mol. The summed E-state index contributed by atoms with van der Waals surface area (Å²) in [5.41, 5.74) is 9.82. The van der Waals surface area contributed by atoms with Gasteiger partial charge >= 0.3 is 0 Å². The number of hydrogen-bond acceptors (Lipinski definition) is 3. The minimum Gasteiger partial charge on any atom is -0.295 e. The Morgan fingerprint density at radius 1 is 0.510 bits per heavy atom. The maximum Gasteiger partial charge on any atom is 0.145 e. The Hall–Kier alpha value is -5.61. The molecule has 0 saturated carbocycles. The summed E-state index contributed by atoms with van der Waals surface area (Å²) in [5.74, 6) is 0. The van der Waals surface area contributed by atoms with Crippen LogP contribution in [0.5, 0.6) is 0 Å². The zero-order valence-corrected chi connectivity index (χ0v) is 30.1. The molecule has 4 aromatic carbocycles. The zero-order chi connectivity index (χ0) is 35.2. The van der Waals surface area contributed by atoms with E-state index in [0.29, 0.717) is 0 Å². The van der Waals surface area contributed by atoms with Gasteiger partial charge in [-0.05, 0) is 71.8 Å². The summed E-state index contributed by atoms with van der Waals surface area (Å²) in [6.07, 6.45) is 3.81. The van der Waals surface area contributed by atoms with Crippen LogP contribution in [-0.2, 0) is 21.7 Å². The molecule has 0 N–H and O–H groups in total. The molecule has 4 nitrogen and oxygen atoms in total. The standard InChI is InChI=1S/C47H42N4/c1-44(2)37-23-17-22-35-34-27-26-33(46(5,31-18-9-7-10-19-31)38-24-13-15-28-48-38)30-36(34)43-50-41(42(45(44,3)4)51(43)40(35)37)47(6,32-20-11-8-12-21-32)39-25-14-16-29-49-39/h7-30H,1-6H3/t46?,47-/m1/s1. The number of para-hydroxylation sites is 1. The van der Waals surface area contributed by atoms with E-state index >= 15 is 0 Å². The Kier molecular flexibility index (Phi) is 6.73. The van der Waals surface area contributed by atoms with Crippen molar-refractivity contribution in [2.75, 3.05) is 0 Å². The minimum atomic E-state index is -0.619. The third-order valence-corrected chi connectivity index (χ3v) is 12.6. The molecular formula is C47H42N4. The van der Waals surface area contributed by atoms with E-state index in [4.69, 9.17) is 15.0 Å². The average Bonchev–Trinajstić information content (AvgIpc) is 3.60.